The number of hydrogen-bond donors (Lipinski definition) is 1. The number of rotatable bonds is 6. The van der Waals surface area contributed by atoms with Crippen molar-refractivity contribution in [2.75, 3.05) is 13.1 Å². The van der Waals surface area contributed by atoms with Gasteiger partial charge in [0, 0.05) is 6.54 Å². The third kappa shape index (κ3) is 3.66. The maximum Gasteiger partial charge on any atom is 0.335 e. The van der Waals surface area contributed by atoms with Crippen LogP contribution in [-0.4, -0.2) is 29.1 Å². The van der Waals surface area contributed by atoms with Crippen LogP contribution in [0.15, 0.2) is 24.3 Å². The van der Waals surface area contributed by atoms with E-state index in [2.05, 4.69) is 18.7 Å². The Bertz CT molecular complexity index is 332. The number of carboxylic acids is 1. The summed E-state index contributed by atoms with van der Waals surface area (Å²) in [5.74, 6) is -0.868. The number of hydrogen-bond acceptors (Lipinski definition) is 2. The van der Waals surface area contributed by atoms with Gasteiger partial charge in [0.1, 0.15) is 0 Å². The molecule has 1 N–H and O–H groups in total. The van der Waals surface area contributed by atoms with Crippen molar-refractivity contribution < 1.29 is 9.90 Å². The molecular formula is C13H19NO2. The maximum atomic E-state index is 10.7. The topological polar surface area (TPSA) is 40.5 Å². The molecule has 0 saturated heterocycles. The number of carboxylic acid groups (broad SMARTS) is 1. The van der Waals surface area contributed by atoms with Gasteiger partial charge in [-0.05, 0) is 37.2 Å². The molecule has 0 heterocycles. The molecule has 0 fully saturated rings. The molecule has 1 aromatic carbocycles. The minimum atomic E-state index is -0.868. The lowest BCUT2D eigenvalue weighted by atomic mass is 10.1. The van der Waals surface area contributed by atoms with E-state index in [-0.39, 0.29) is 0 Å². The van der Waals surface area contributed by atoms with E-state index in [9.17, 15) is 4.79 Å². The van der Waals surface area contributed by atoms with E-state index in [0.29, 0.717) is 5.56 Å². The molecule has 0 radical (unpaired) electrons. The molecule has 0 unspecified atom stereocenters. The Morgan fingerprint density at radius 1 is 1.25 bits per heavy atom. The highest BCUT2D eigenvalue weighted by Crippen LogP contribution is 2.08. The monoisotopic (exact) mass is 221 g/mol. The molecule has 1 rings (SSSR count). The van der Waals surface area contributed by atoms with Crippen molar-refractivity contribution in [3.05, 3.63) is 35.4 Å². The van der Waals surface area contributed by atoms with Crippen LogP contribution in [0.1, 0.15) is 36.2 Å². The van der Waals surface area contributed by atoms with E-state index in [0.717, 1.165) is 26.1 Å². The van der Waals surface area contributed by atoms with Gasteiger partial charge in [0.2, 0.25) is 0 Å². The highest BCUT2D eigenvalue weighted by Gasteiger charge is 2.04. The fraction of sp³-hybridized carbons (Fsp3) is 0.462. The van der Waals surface area contributed by atoms with Crippen LogP contribution >= 0.6 is 0 Å². The van der Waals surface area contributed by atoms with E-state index in [1.165, 1.54) is 5.56 Å². The molecule has 1 aromatic rings. The minimum absolute atomic E-state index is 0.349. The van der Waals surface area contributed by atoms with Crippen LogP contribution in [-0.2, 0) is 6.54 Å². The first kappa shape index (κ1) is 12.7. The average Bonchev–Trinajstić information content (AvgIpc) is 2.29. The fourth-order valence-corrected chi connectivity index (χ4v) is 1.68. The van der Waals surface area contributed by atoms with E-state index in [1.54, 1.807) is 12.1 Å². The van der Waals surface area contributed by atoms with Gasteiger partial charge >= 0.3 is 5.97 Å². The second-order valence-corrected chi connectivity index (χ2v) is 3.87. The van der Waals surface area contributed by atoms with Crippen LogP contribution in [0.4, 0.5) is 0 Å². The lowest BCUT2D eigenvalue weighted by Gasteiger charge is -2.19. The van der Waals surface area contributed by atoms with Gasteiger partial charge in [-0.25, -0.2) is 4.79 Å². The molecule has 3 heteroatoms. The molecular weight excluding hydrogens is 202 g/mol. The molecule has 3 nitrogen and oxygen atoms in total. The first-order valence-electron chi connectivity index (χ1n) is 5.72. The van der Waals surface area contributed by atoms with E-state index < -0.39 is 5.97 Å². The van der Waals surface area contributed by atoms with Crippen molar-refractivity contribution in [2.45, 2.75) is 26.8 Å². The Morgan fingerprint density at radius 3 is 2.31 bits per heavy atom. The molecule has 0 aliphatic heterocycles. The van der Waals surface area contributed by atoms with Gasteiger partial charge in [-0.3, -0.25) is 4.90 Å². The molecule has 0 aliphatic carbocycles. The van der Waals surface area contributed by atoms with Crippen molar-refractivity contribution in [1.82, 2.24) is 4.90 Å². The Labute approximate surface area is 96.7 Å². The zero-order chi connectivity index (χ0) is 12.0. The zero-order valence-electron chi connectivity index (χ0n) is 9.94. The van der Waals surface area contributed by atoms with Crippen molar-refractivity contribution in [2.24, 2.45) is 0 Å². The summed E-state index contributed by atoms with van der Waals surface area (Å²) < 4.78 is 0. The highest BCUT2D eigenvalue weighted by molar-refractivity contribution is 5.87. The van der Waals surface area contributed by atoms with Crippen molar-refractivity contribution >= 4 is 5.97 Å². The molecule has 88 valence electrons. The van der Waals surface area contributed by atoms with Crippen LogP contribution < -0.4 is 0 Å². The maximum absolute atomic E-state index is 10.7. The van der Waals surface area contributed by atoms with Gasteiger partial charge in [-0.15, -0.1) is 0 Å². The second-order valence-electron chi connectivity index (χ2n) is 3.87. The van der Waals surface area contributed by atoms with Crippen LogP contribution in [0.2, 0.25) is 0 Å². The summed E-state index contributed by atoms with van der Waals surface area (Å²) in [6, 6.07) is 7.11. The standard InChI is InChI=1S/C13H19NO2/c1-3-9-14(4-2)10-11-5-7-12(8-6-11)13(15)16/h5-8H,3-4,9-10H2,1-2H3,(H,15,16). The van der Waals surface area contributed by atoms with Crippen LogP contribution in [0.25, 0.3) is 0 Å². The van der Waals surface area contributed by atoms with Gasteiger partial charge in [-0.2, -0.15) is 0 Å². The summed E-state index contributed by atoms with van der Waals surface area (Å²) in [7, 11) is 0. The highest BCUT2D eigenvalue weighted by atomic mass is 16.4. The van der Waals surface area contributed by atoms with Crippen LogP contribution in [0, 0.1) is 0 Å². The molecule has 0 aromatic heterocycles. The predicted molar refractivity (Wildman–Crippen MR) is 64.6 cm³/mol. The Morgan fingerprint density at radius 2 is 1.88 bits per heavy atom. The normalized spacial score (nSPS) is 10.7. The van der Waals surface area contributed by atoms with Gasteiger partial charge < -0.3 is 5.11 Å². The molecule has 0 spiro atoms. The number of carbonyl (C=O) groups is 1. The van der Waals surface area contributed by atoms with E-state index >= 15 is 0 Å². The first-order valence-corrected chi connectivity index (χ1v) is 5.72. The van der Waals surface area contributed by atoms with Gasteiger partial charge in [-0.1, -0.05) is 26.0 Å². The number of aromatic carboxylic acids is 1. The SMILES string of the molecule is CCCN(CC)Cc1ccc(C(=O)O)cc1. The predicted octanol–water partition coefficient (Wildman–Crippen LogP) is 2.62. The Kier molecular flexibility index (Phi) is 4.99. The van der Waals surface area contributed by atoms with Gasteiger partial charge in [0.15, 0.2) is 0 Å². The van der Waals surface area contributed by atoms with Crippen LogP contribution in [0.3, 0.4) is 0 Å². The van der Waals surface area contributed by atoms with Gasteiger partial charge in [0.25, 0.3) is 0 Å². The second kappa shape index (κ2) is 6.28. The third-order valence-corrected chi connectivity index (χ3v) is 2.59. The molecule has 0 aliphatic rings. The lowest BCUT2D eigenvalue weighted by molar-refractivity contribution is 0.0697. The lowest BCUT2D eigenvalue weighted by Crippen LogP contribution is -2.23. The summed E-state index contributed by atoms with van der Waals surface area (Å²) in [5, 5.41) is 8.78. The summed E-state index contributed by atoms with van der Waals surface area (Å²) in [4.78, 5) is 13.0. The van der Waals surface area contributed by atoms with Crippen LogP contribution in [0.5, 0.6) is 0 Å². The van der Waals surface area contributed by atoms with E-state index in [1.807, 2.05) is 12.1 Å². The molecule has 0 amide bonds. The quantitative estimate of drug-likeness (QED) is 0.802. The molecule has 0 atom stereocenters. The molecule has 16 heavy (non-hydrogen) atoms. The molecule has 0 bridgehead atoms. The smallest absolute Gasteiger partial charge is 0.335 e. The average molecular weight is 221 g/mol. The fourth-order valence-electron chi connectivity index (χ4n) is 1.68. The Balaban J connectivity index is 2.63. The summed E-state index contributed by atoms with van der Waals surface area (Å²) in [6.45, 7) is 7.30. The Hall–Kier alpha value is -1.35. The number of nitrogens with zero attached hydrogens (tertiary/aromatic N) is 1. The summed E-state index contributed by atoms with van der Waals surface area (Å²) in [5.41, 5.74) is 1.52. The van der Waals surface area contributed by atoms with E-state index in [4.69, 9.17) is 5.11 Å². The van der Waals surface area contributed by atoms with Crippen molar-refractivity contribution in [3.8, 4) is 0 Å². The summed E-state index contributed by atoms with van der Waals surface area (Å²) in [6.07, 6.45) is 1.14. The third-order valence-electron chi connectivity index (χ3n) is 2.59. The van der Waals surface area contributed by atoms with Crippen molar-refractivity contribution in [1.29, 1.82) is 0 Å². The summed E-state index contributed by atoms with van der Waals surface area (Å²) >= 11 is 0. The number of benzene rings is 1. The van der Waals surface area contributed by atoms with Gasteiger partial charge in [0.05, 0.1) is 5.56 Å². The first-order chi connectivity index (χ1) is 7.67. The zero-order valence-corrected chi connectivity index (χ0v) is 9.94. The molecule has 0 saturated carbocycles. The van der Waals surface area contributed by atoms with Crippen molar-refractivity contribution in [3.63, 3.8) is 0 Å². The minimum Gasteiger partial charge on any atom is -0.478 e. The largest absolute Gasteiger partial charge is 0.478 e.